The minimum atomic E-state index is -0.0940. The first-order chi connectivity index (χ1) is 10.3. The summed E-state index contributed by atoms with van der Waals surface area (Å²) in [4.78, 5) is 25.8. The number of aromatic nitrogens is 3. The monoisotopic (exact) mass is 331 g/mol. The Kier molecular flexibility index (Phi) is 3.74. The van der Waals surface area contributed by atoms with Crippen LogP contribution in [0.5, 0.6) is 0 Å². The van der Waals surface area contributed by atoms with E-state index < -0.39 is 0 Å². The Hall–Kier alpha value is -1.79. The highest BCUT2D eigenvalue weighted by Crippen LogP contribution is 2.29. The lowest BCUT2D eigenvalue weighted by molar-refractivity contribution is 0.602. The fourth-order valence-corrected chi connectivity index (χ4v) is 3.75. The summed E-state index contributed by atoms with van der Waals surface area (Å²) in [5.74, 6) is 0.604. The lowest BCUT2D eigenvalue weighted by atomic mass is 9.96. The molecule has 0 aliphatic carbocycles. The van der Waals surface area contributed by atoms with Crippen molar-refractivity contribution < 1.29 is 0 Å². The van der Waals surface area contributed by atoms with Crippen molar-refractivity contribution in [2.24, 2.45) is 0 Å². The van der Waals surface area contributed by atoms with Crippen LogP contribution in [0, 0.1) is 0 Å². The number of fused-ring (bicyclic) bond motifs is 1. The number of hydrogen-bond donors (Lipinski definition) is 1. The zero-order valence-corrected chi connectivity index (χ0v) is 14.6. The molecule has 1 N–H and O–H groups in total. The number of nitrogens with zero attached hydrogens (tertiary/aromatic N) is 2. The molecule has 3 heterocycles. The van der Waals surface area contributed by atoms with Gasteiger partial charge in [0, 0.05) is 11.1 Å². The quantitative estimate of drug-likeness (QED) is 0.761. The summed E-state index contributed by atoms with van der Waals surface area (Å²) in [6, 6.07) is 1.80. The summed E-state index contributed by atoms with van der Waals surface area (Å²) in [5.41, 5.74) is 0.908. The van der Waals surface area contributed by atoms with Crippen LogP contribution in [0.4, 0.5) is 0 Å². The Morgan fingerprint density at radius 3 is 2.82 bits per heavy atom. The summed E-state index contributed by atoms with van der Waals surface area (Å²) in [7, 11) is 0. The third-order valence-electron chi connectivity index (χ3n) is 3.31. The largest absolute Gasteiger partial charge is 0.306 e. The van der Waals surface area contributed by atoms with Gasteiger partial charge in [-0.15, -0.1) is 22.7 Å². The standard InChI is InChI=1S/C16H17N3OS2/c1-9(7-12-17-8-11(22-12)16(2,3)4)13-18-14(20)10-5-6-21-15(10)19-13/h5-8H,1-4H3,(H,18,19,20). The van der Waals surface area contributed by atoms with Crippen LogP contribution in [0.15, 0.2) is 22.4 Å². The second-order valence-electron chi connectivity index (χ2n) is 6.19. The van der Waals surface area contributed by atoms with Crippen molar-refractivity contribution >= 4 is 44.5 Å². The lowest BCUT2D eigenvalue weighted by Gasteiger charge is -2.14. The van der Waals surface area contributed by atoms with E-state index in [2.05, 4.69) is 35.7 Å². The number of allylic oxidation sites excluding steroid dienone is 1. The Labute approximate surface area is 136 Å². The van der Waals surface area contributed by atoms with Crippen molar-refractivity contribution in [3.63, 3.8) is 0 Å². The molecule has 0 aromatic carbocycles. The molecule has 0 bridgehead atoms. The third kappa shape index (κ3) is 2.89. The molecule has 6 heteroatoms. The number of nitrogens with one attached hydrogen (secondary N) is 1. The number of aromatic amines is 1. The van der Waals surface area contributed by atoms with Crippen LogP contribution in [0.1, 0.15) is 43.4 Å². The van der Waals surface area contributed by atoms with Gasteiger partial charge < -0.3 is 4.98 Å². The van der Waals surface area contributed by atoms with Crippen LogP contribution >= 0.6 is 22.7 Å². The molecule has 0 radical (unpaired) electrons. The van der Waals surface area contributed by atoms with E-state index in [1.807, 2.05) is 24.6 Å². The number of hydrogen-bond acceptors (Lipinski definition) is 5. The van der Waals surface area contributed by atoms with Gasteiger partial charge in [-0.1, -0.05) is 20.8 Å². The maximum Gasteiger partial charge on any atom is 0.259 e. The van der Waals surface area contributed by atoms with E-state index in [1.54, 1.807) is 17.4 Å². The van der Waals surface area contributed by atoms with E-state index in [-0.39, 0.29) is 11.0 Å². The summed E-state index contributed by atoms with van der Waals surface area (Å²) in [6.45, 7) is 8.45. The van der Waals surface area contributed by atoms with Gasteiger partial charge in [-0.3, -0.25) is 4.79 Å². The van der Waals surface area contributed by atoms with Crippen molar-refractivity contribution in [3.05, 3.63) is 43.7 Å². The molecule has 3 aromatic heterocycles. The zero-order chi connectivity index (χ0) is 15.9. The lowest BCUT2D eigenvalue weighted by Crippen LogP contribution is -2.09. The van der Waals surface area contributed by atoms with E-state index in [0.717, 1.165) is 15.4 Å². The van der Waals surface area contributed by atoms with Gasteiger partial charge in [0.15, 0.2) is 0 Å². The van der Waals surface area contributed by atoms with E-state index in [9.17, 15) is 4.79 Å². The first-order valence-electron chi connectivity index (χ1n) is 6.97. The second kappa shape index (κ2) is 5.44. The van der Waals surface area contributed by atoms with Gasteiger partial charge in [0.25, 0.3) is 5.56 Å². The second-order valence-corrected chi connectivity index (χ2v) is 8.15. The predicted octanol–water partition coefficient (Wildman–Crippen LogP) is 4.30. The SMILES string of the molecule is CC(=Cc1ncc(C(C)(C)C)s1)c1nc2sccc2c(=O)[nH]1. The highest BCUT2D eigenvalue weighted by molar-refractivity contribution is 7.16. The molecular formula is C16H17N3OS2. The fraction of sp³-hybridized carbons (Fsp3) is 0.312. The molecule has 3 aromatic rings. The fourth-order valence-electron chi connectivity index (χ4n) is 2.01. The molecule has 0 aliphatic rings. The first-order valence-corrected chi connectivity index (χ1v) is 8.67. The Bertz CT molecular complexity index is 909. The van der Waals surface area contributed by atoms with Crippen molar-refractivity contribution in [3.8, 4) is 0 Å². The highest BCUT2D eigenvalue weighted by atomic mass is 32.1. The summed E-state index contributed by atoms with van der Waals surface area (Å²) in [6.07, 6.45) is 3.89. The Balaban J connectivity index is 1.99. The maximum atomic E-state index is 12.0. The average Bonchev–Trinajstić information content (AvgIpc) is 3.06. The third-order valence-corrected chi connectivity index (χ3v) is 5.49. The number of H-pyrrole nitrogens is 1. The van der Waals surface area contributed by atoms with Crippen molar-refractivity contribution in [2.45, 2.75) is 33.1 Å². The maximum absolute atomic E-state index is 12.0. The first kappa shape index (κ1) is 15.1. The van der Waals surface area contributed by atoms with E-state index in [0.29, 0.717) is 11.2 Å². The Morgan fingerprint density at radius 1 is 1.36 bits per heavy atom. The Morgan fingerprint density at radius 2 is 2.14 bits per heavy atom. The van der Waals surface area contributed by atoms with Gasteiger partial charge in [-0.25, -0.2) is 9.97 Å². The molecule has 0 aliphatic heterocycles. The molecule has 3 rings (SSSR count). The highest BCUT2D eigenvalue weighted by Gasteiger charge is 2.16. The molecule has 114 valence electrons. The van der Waals surface area contributed by atoms with Gasteiger partial charge in [-0.05, 0) is 35.4 Å². The van der Waals surface area contributed by atoms with E-state index >= 15 is 0 Å². The molecule has 4 nitrogen and oxygen atoms in total. The molecule has 22 heavy (non-hydrogen) atoms. The van der Waals surface area contributed by atoms with Crippen molar-refractivity contribution in [1.82, 2.24) is 15.0 Å². The number of thiophene rings is 1. The van der Waals surface area contributed by atoms with Crippen LogP contribution in [-0.4, -0.2) is 15.0 Å². The molecule has 0 saturated heterocycles. The van der Waals surface area contributed by atoms with Crippen LogP contribution in [0.3, 0.4) is 0 Å². The number of rotatable bonds is 2. The van der Waals surface area contributed by atoms with Crippen molar-refractivity contribution in [2.75, 3.05) is 0 Å². The molecule has 0 saturated carbocycles. The molecule has 0 atom stereocenters. The molecule has 0 unspecified atom stereocenters. The zero-order valence-electron chi connectivity index (χ0n) is 12.9. The molecular weight excluding hydrogens is 314 g/mol. The van der Waals surface area contributed by atoms with Crippen LogP contribution in [-0.2, 0) is 5.41 Å². The van der Waals surface area contributed by atoms with Crippen LogP contribution in [0.2, 0.25) is 0 Å². The van der Waals surface area contributed by atoms with Crippen LogP contribution < -0.4 is 5.56 Å². The predicted molar refractivity (Wildman–Crippen MR) is 94.6 cm³/mol. The van der Waals surface area contributed by atoms with Crippen molar-refractivity contribution in [1.29, 1.82) is 0 Å². The normalized spacial score (nSPS) is 13.0. The van der Waals surface area contributed by atoms with Gasteiger partial charge in [0.1, 0.15) is 15.7 Å². The van der Waals surface area contributed by atoms with Gasteiger partial charge in [0.05, 0.1) is 5.39 Å². The number of thiazole rings is 1. The van der Waals surface area contributed by atoms with E-state index in [1.165, 1.54) is 16.2 Å². The molecule has 0 amide bonds. The van der Waals surface area contributed by atoms with Gasteiger partial charge in [0.2, 0.25) is 0 Å². The van der Waals surface area contributed by atoms with Crippen LogP contribution in [0.25, 0.3) is 21.9 Å². The minimum Gasteiger partial charge on any atom is -0.306 e. The molecule has 0 spiro atoms. The molecule has 0 fully saturated rings. The van der Waals surface area contributed by atoms with Gasteiger partial charge >= 0.3 is 0 Å². The topological polar surface area (TPSA) is 58.6 Å². The van der Waals surface area contributed by atoms with E-state index in [4.69, 9.17) is 0 Å². The summed E-state index contributed by atoms with van der Waals surface area (Å²) >= 11 is 3.14. The smallest absolute Gasteiger partial charge is 0.259 e. The minimum absolute atomic E-state index is 0.0940. The van der Waals surface area contributed by atoms with Gasteiger partial charge in [-0.2, -0.15) is 0 Å². The average molecular weight is 331 g/mol. The summed E-state index contributed by atoms with van der Waals surface area (Å²) in [5, 5.41) is 3.45. The summed E-state index contributed by atoms with van der Waals surface area (Å²) < 4.78 is 0.